The first-order chi connectivity index (χ1) is 9.74. The fraction of sp³-hybridized carbons (Fsp3) is 0.562. The summed E-state index contributed by atoms with van der Waals surface area (Å²) in [6.45, 7) is 0.657. The van der Waals surface area contributed by atoms with Crippen LogP contribution < -0.4 is 10.5 Å². The minimum atomic E-state index is -0.250. The van der Waals surface area contributed by atoms with Crippen molar-refractivity contribution in [1.29, 1.82) is 0 Å². The number of nitrogens with two attached hydrogens (primary N) is 1. The molecule has 2 unspecified atom stereocenters. The summed E-state index contributed by atoms with van der Waals surface area (Å²) in [6.07, 6.45) is 4.97. The quantitative estimate of drug-likeness (QED) is 0.839. The van der Waals surface area contributed by atoms with Gasteiger partial charge in [-0.2, -0.15) is 0 Å². The van der Waals surface area contributed by atoms with E-state index in [0.717, 1.165) is 24.2 Å². The van der Waals surface area contributed by atoms with Gasteiger partial charge in [0.05, 0.1) is 13.5 Å². The predicted octanol–water partition coefficient (Wildman–Crippen LogP) is 2.30. The topological polar surface area (TPSA) is 61.5 Å². The summed E-state index contributed by atoms with van der Waals surface area (Å²) in [5.74, 6) is 0.943. The summed E-state index contributed by atoms with van der Waals surface area (Å²) < 4.78 is 10.9. The van der Waals surface area contributed by atoms with Crippen LogP contribution in [0.2, 0.25) is 0 Å². The van der Waals surface area contributed by atoms with Gasteiger partial charge in [-0.15, -0.1) is 0 Å². The van der Waals surface area contributed by atoms with E-state index in [1.165, 1.54) is 20.0 Å². The van der Waals surface area contributed by atoms with Gasteiger partial charge in [0.25, 0.3) is 0 Å². The van der Waals surface area contributed by atoms with Crippen LogP contribution in [0, 0.1) is 5.92 Å². The predicted molar refractivity (Wildman–Crippen MR) is 77.6 cm³/mol. The summed E-state index contributed by atoms with van der Waals surface area (Å²) in [4.78, 5) is 11.4. The molecule has 0 heterocycles. The maximum Gasteiger partial charge on any atom is 0.310 e. The first kappa shape index (κ1) is 14.9. The average molecular weight is 277 g/mol. The lowest BCUT2D eigenvalue weighted by atomic mass is 9.86. The molecule has 2 atom stereocenters. The largest absolute Gasteiger partial charge is 0.490 e. The Kier molecular flexibility index (Phi) is 5.41. The zero-order valence-electron chi connectivity index (χ0n) is 12.0. The number of hydrogen-bond donors (Lipinski definition) is 1. The standard InChI is InChI=1S/C16H23NO3/c1-19-16(18)10-12-6-2-4-8-14(12)20-15-9-5-3-7-13(15)11-17/h2,4,6,8,13,15H,3,5,7,9-11,17H2,1H3. The Morgan fingerprint density at radius 3 is 2.80 bits per heavy atom. The van der Waals surface area contributed by atoms with Crippen molar-refractivity contribution in [2.45, 2.75) is 38.2 Å². The molecule has 0 aliphatic heterocycles. The second-order valence-corrected chi connectivity index (χ2v) is 5.30. The summed E-state index contributed by atoms with van der Waals surface area (Å²) in [6, 6.07) is 7.66. The van der Waals surface area contributed by atoms with Crippen LogP contribution in [0.3, 0.4) is 0 Å². The van der Waals surface area contributed by atoms with E-state index in [4.69, 9.17) is 15.2 Å². The molecule has 4 heteroatoms. The maximum absolute atomic E-state index is 11.4. The SMILES string of the molecule is COC(=O)Cc1ccccc1OC1CCCCC1CN. The summed E-state index contributed by atoms with van der Waals surface area (Å²) in [5.41, 5.74) is 6.71. The molecule has 2 N–H and O–H groups in total. The number of rotatable bonds is 5. The van der Waals surface area contributed by atoms with Gasteiger partial charge in [0.1, 0.15) is 11.9 Å². The van der Waals surface area contributed by atoms with E-state index in [9.17, 15) is 4.79 Å². The Balaban J connectivity index is 2.09. The lowest BCUT2D eigenvalue weighted by molar-refractivity contribution is -0.139. The van der Waals surface area contributed by atoms with Crippen molar-refractivity contribution in [2.24, 2.45) is 11.7 Å². The molecule has 1 aromatic carbocycles. The third-order valence-electron chi connectivity index (χ3n) is 3.96. The van der Waals surface area contributed by atoms with E-state index >= 15 is 0 Å². The average Bonchev–Trinajstić information content (AvgIpc) is 2.49. The first-order valence-electron chi connectivity index (χ1n) is 7.26. The van der Waals surface area contributed by atoms with Crippen molar-refractivity contribution in [3.8, 4) is 5.75 Å². The van der Waals surface area contributed by atoms with Crippen molar-refractivity contribution in [3.63, 3.8) is 0 Å². The molecule has 1 aliphatic carbocycles. The monoisotopic (exact) mass is 277 g/mol. The maximum atomic E-state index is 11.4. The smallest absolute Gasteiger partial charge is 0.310 e. The molecular formula is C16H23NO3. The van der Waals surface area contributed by atoms with Gasteiger partial charge in [0.15, 0.2) is 0 Å². The normalized spacial score (nSPS) is 22.3. The zero-order valence-corrected chi connectivity index (χ0v) is 12.0. The van der Waals surface area contributed by atoms with Gasteiger partial charge in [-0.1, -0.05) is 24.6 Å². The van der Waals surface area contributed by atoms with E-state index in [-0.39, 0.29) is 18.5 Å². The van der Waals surface area contributed by atoms with Gasteiger partial charge >= 0.3 is 5.97 Å². The van der Waals surface area contributed by atoms with E-state index in [1.54, 1.807) is 0 Å². The van der Waals surface area contributed by atoms with Crippen molar-refractivity contribution in [3.05, 3.63) is 29.8 Å². The molecule has 1 saturated carbocycles. The Hall–Kier alpha value is -1.55. The Labute approximate surface area is 120 Å². The van der Waals surface area contributed by atoms with Gasteiger partial charge < -0.3 is 15.2 Å². The van der Waals surface area contributed by atoms with Gasteiger partial charge in [0.2, 0.25) is 0 Å². The Morgan fingerprint density at radius 2 is 2.05 bits per heavy atom. The Morgan fingerprint density at radius 1 is 1.30 bits per heavy atom. The highest BCUT2D eigenvalue weighted by Crippen LogP contribution is 2.29. The van der Waals surface area contributed by atoms with Crippen LogP contribution in [-0.4, -0.2) is 25.7 Å². The van der Waals surface area contributed by atoms with Crippen LogP contribution >= 0.6 is 0 Å². The van der Waals surface area contributed by atoms with Crippen molar-refractivity contribution in [1.82, 2.24) is 0 Å². The van der Waals surface area contributed by atoms with Crippen molar-refractivity contribution in [2.75, 3.05) is 13.7 Å². The summed E-state index contributed by atoms with van der Waals surface area (Å²) in [5, 5.41) is 0. The number of hydrogen-bond acceptors (Lipinski definition) is 4. The third kappa shape index (κ3) is 3.73. The summed E-state index contributed by atoms with van der Waals surface area (Å²) >= 11 is 0. The van der Waals surface area contributed by atoms with Crippen LogP contribution in [0.1, 0.15) is 31.2 Å². The lowest BCUT2D eigenvalue weighted by Crippen LogP contribution is -2.35. The summed E-state index contributed by atoms with van der Waals surface area (Å²) in [7, 11) is 1.40. The minimum absolute atomic E-state index is 0.160. The second-order valence-electron chi connectivity index (χ2n) is 5.30. The van der Waals surface area contributed by atoms with Gasteiger partial charge in [-0.25, -0.2) is 0 Å². The third-order valence-corrected chi connectivity index (χ3v) is 3.96. The molecule has 2 rings (SSSR count). The van der Waals surface area contributed by atoms with Gasteiger partial charge in [-0.05, 0) is 31.9 Å². The second kappa shape index (κ2) is 7.29. The molecule has 0 aromatic heterocycles. The molecule has 0 spiro atoms. The van der Waals surface area contributed by atoms with Crippen LogP contribution in [0.5, 0.6) is 5.75 Å². The van der Waals surface area contributed by atoms with Crippen LogP contribution in [0.15, 0.2) is 24.3 Å². The van der Waals surface area contributed by atoms with Crippen molar-refractivity contribution < 1.29 is 14.3 Å². The van der Waals surface area contributed by atoms with Crippen LogP contribution in [0.4, 0.5) is 0 Å². The molecule has 0 amide bonds. The molecule has 1 fully saturated rings. The van der Waals surface area contributed by atoms with E-state index < -0.39 is 0 Å². The fourth-order valence-electron chi connectivity index (χ4n) is 2.75. The van der Waals surface area contributed by atoms with E-state index in [0.29, 0.717) is 12.5 Å². The molecule has 1 aromatic rings. The molecule has 0 saturated heterocycles. The molecule has 0 radical (unpaired) electrons. The van der Waals surface area contributed by atoms with Gasteiger partial charge in [-0.3, -0.25) is 4.79 Å². The number of ether oxygens (including phenoxy) is 2. The number of esters is 1. The number of para-hydroxylation sites is 1. The number of carbonyl (C=O) groups is 1. The fourth-order valence-corrected chi connectivity index (χ4v) is 2.75. The lowest BCUT2D eigenvalue weighted by Gasteiger charge is -2.31. The highest BCUT2D eigenvalue weighted by molar-refractivity contribution is 5.73. The molecule has 4 nitrogen and oxygen atoms in total. The highest BCUT2D eigenvalue weighted by atomic mass is 16.5. The van der Waals surface area contributed by atoms with Gasteiger partial charge in [0, 0.05) is 11.5 Å². The molecule has 1 aliphatic rings. The van der Waals surface area contributed by atoms with Crippen LogP contribution in [-0.2, 0) is 16.0 Å². The minimum Gasteiger partial charge on any atom is -0.490 e. The molecule has 110 valence electrons. The zero-order chi connectivity index (χ0) is 14.4. The number of carbonyl (C=O) groups excluding carboxylic acids is 1. The van der Waals surface area contributed by atoms with E-state index in [1.807, 2.05) is 24.3 Å². The number of benzene rings is 1. The molecule has 20 heavy (non-hydrogen) atoms. The van der Waals surface area contributed by atoms with E-state index in [2.05, 4.69) is 0 Å². The Bertz CT molecular complexity index is 447. The highest BCUT2D eigenvalue weighted by Gasteiger charge is 2.26. The first-order valence-corrected chi connectivity index (χ1v) is 7.26. The molecule has 0 bridgehead atoms. The van der Waals surface area contributed by atoms with Crippen molar-refractivity contribution >= 4 is 5.97 Å². The van der Waals surface area contributed by atoms with Crippen LogP contribution in [0.25, 0.3) is 0 Å². The number of methoxy groups -OCH3 is 1. The molecular weight excluding hydrogens is 254 g/mol.